The van der Waals surface area contributed by atoms with Crippen LogP contribution in [0.25, 0.3) is 0 Å². The summed E-state index contributed by atoms with van der Waals surface area (Å²) in [5, 5.41) is 16.5. The van der Waals surface area contributed by atoms with Gasteiger partial charge < -0.3 is 10.1 Å². The molecule has 6 nitrogen and oxygen atoms in total. The molecule has 0 atom stereocenters. The van der Waals surface area contributed by atoms with Crippen LogP contribution in [-0.4, -0.2) is 29.4 Å². The summed E-state index contributed by atoms with van der Waals surface area (Å²) in [6.07, 6.45) is 3.17. The van der Waals surface area contributed by atoms with Gasteiger partial charge in [-0.15, -0.1) is 0 Å². The number of carbonyl (C=O) groups excluding carboxylic acids is 1. The molecule has 0 fully saturated rings. The number of unbranched alkanes of at least 4 members (excludes halogenated alkanes) is 2. The number of nitriles is 1. The molecule has 0 aliphatic heterocycles. The highest BCUT2D eigenvalue weighted by Crippen LogP contribution is 2.17. The SMILES string of the molecule is COC(=O)CCCCCNc1c(C#N)c(C)nn1C. The van der Waals surface area contributed by atoms with Gasteiger partial charge in [0.15, 0.2) is 0 Å². The predicted octanol–water partition coefficient (Wildman–Crippen LogP) is 1.75. The summed E-state index contributed by atoms with van der Waals surface area (Å²) < 4.78 is 6.26. The Morgan fingerprint density at radius 3 is 2.84 bits per heavy atom. The fourth-order valence-corrected chi connectivity index (χ4v) is 1.87. The fourth-order valence-electron chi connectivity index (χ4n) is 1.87. The number of aryl methyl sites for hydroxylation is 2. The molecular formula is C13H20N4O2. The number of aromatic nitrogens is 2. The number of carbonyl (C=O) groups is 1. The van der Waals surface area contributed by atoms with Crippen molar-refractivity contribution in [2.24, 2.45) is 7.05 Å². The summed E-state index contributed by atoms with van der Waals surface area (Å²) >= 11 is 0. The monoisotopic (exact) mass is 264 g/mol. The van der Waals surface area contributed by atoms with Crippen molar-refractivity contribution < 1.29 is 9.53 Å². The fraction of sp³-hybridized carbons (Fsp3) is 0.615. The first-order valence-corrected chi connectivity index (χ1v) is 6.34. The Morgan fingerprint density at radius 1 is 1.47 bits per heavy atom. The molecule has 0 spiro atoms. The third kappa shape index (κ3) is 4.28. The van der Waals surface area contributed by atoms with Gasteiger partial charge >= 0.3 is 5.97 Å². The van der Waals surface area contributed by atoms with Gasteiger partial charge in [-0.05, 0) is 19.8 Å². The van der Waals surface area contributed by atoms with Crippen LogP contribution < -0.4 is 5.32 Å². The summed E-state index contributed by atoms with van der Waals surface area (Å²) in [6.45, 7) is 2.58. The van der Waals surface area contributed by atoms with Crippen molar-refractivity contribution in [3.05, 3.63) is 11.3 Å². The van der Waals surface area contributed by atoms with Gasteiger partial charge in [0.2, 0.25) is 0 Å². The van der Waals surface area contributed by atoms with Gasteiger partial charge in [-0.2, -0.15) is 10.4 Å². The van der Waals surface area contributed by atoms with Crippen molar-refractivity contribution in [1.29, 1.82) is 5.26 Å². The molecule has 1 N–H and O–H groups in total. The van der Waals surface area contributed by atoms with Crippen molar-refractivity contribution in [2.75, 3.05) is 19.0 Å². The van der Waals surface area contributed by atoms with Crippen LogP contribution in [0.1, 0.15) is 36.9 Å². The third-order valence-electron chi connectivity index (χ3n) is 2.91. The molecule has 104 valence electrons. The Hall–Kier alpha value is -2.03. The van der Waals surface area contributed by atoms with E-state index in [4.69, 9.17) is 5.26 Å². The zero-order chi connectivity index (χ0) is 14.3. The maximum atomic E-state index is 10.9. The number of nitrogens with one attached hydrogen (secondary N) is 1. The van der Waals surface area contributed by atoms with Gasteiger partial charge in [-0.1, -0.05) is 6.42 Å². The maximum Gasteiger partial charge on any atom is 0.305 e. The van der Waals surface area contributed by atoms with Crippen LogP contribution in [0, 0.1) is 18.3 Å². The molecule has 0 aliphatic rings. The topological polar surface area (TPSA) is 79.9 Å². The lowest BCUT2D eigenvalue weighted by molar-refractivity contribution is -0.140. The summed E-state index contributed by atoms with van der Waals surface area (Å²) in [6, 6.07) is 2.15. The highest BCUT2D eigenvalue weighted by atomic mass is 16.5. The molecule has 1 heterocycles. The lowest BCUT2D eigenvalue weighted by Crippen LogP contribution is -2.07. The summed E-state index contributed by atoms with van der Waals surface area (Å²) in [5.41, 5.74) is 1.33. The second kappa shape index (κ2) is 7.41. The van der Waals surface area contributed by atoms with Gasteiger partial charge in [0, 0.05) is 20.0 Å². The Bertz CT molecular complexity index is 474. The average Bonchev–Trinajstić information content (AvgIpc) is 2.67. The number of rotatable bonds is 7. The molecular weight excluding hydrogens is 244 g/mol. The van der Waals surface area contributed by atoms with Crippen molar-refractivity contribution in [3.63, 3.8) is 0 Å². The van der Waals surface area contributed by atoms with E-state index in [1.165, 1.54) is 7.11 Å². The number of hydrogen-bond acceptors (Lipinski definition) is 5. The van der Waals surface area contributed by atoms with Crippen LogP contribution in [0.3, 0.4) is 0 Å². The van der Waals surface area contributed by atoms with Gasteiger partial charge in [0.25, 0.3) is 0 Å². The van der Waals surface area contributed by atoms with Gasteiger partial charge in [0.1, 0.15) is 17.5 Å². The van der Waals surface area contributed by atoms with Crippen LogP contribution in [0.2, 0.25) is 0 Å². The molecule has 0 aromatic carbocycles. The molecule has 0 radical (unpaired) electrons. The van der Waals surface area contributed by atoms with Crippen molar-refractivity contribution >= 4 is 11.8 Å². The molecule has 1 aromatic rings. The van der Waals surface area contributed by atoms with E-state index < -0.39 is 0 Å². The lowest BCUT2D eigenvalue weighted by atomic mass is 10.2. The second-order valence-electron chi connectivity index (χ2n) is 4.36. The van der Waals surface area contributed by atoms with E-state index in [0.717, 1.165) is 37.3 Å². The third-order valence-corrected chi connectivity index (χ3v) is 2.91. The molecule has 0 unspecified atom stereocenters. The van der Waals surface area contributed by atoms with Crippen molar-refractivity contribution in [3.8, 4) is 6.07 Å². The predicted molar refractivity (Wildman–Crippen MR) is 71.6 cm³/mol. The van der Waals surface area contributed by atoms with E-state index in [0.29, 0.717) is 12.0 Å². The molecule has 1 aromatic heterocycles. The number of nitrogens with zero attached hydrogens (tertiary/aromatic N) is 3. The molecule has 0 aliphatic carbocycles. The molecule has 0 amide bonds. The van der Waals surface area contributed by atoms with E-state index in [9.17, 15) is 4.79 Å². The highest BCUT2D eigenvalue weighted by Gasteiger charge is 2.11. The largest absolute Gasteiger partial charge is 0.469 e. The number of esters is 1. The van der Waals surface area contributed by atoms with Crippen LogP contribution in [0.5, 0.6) is 0 Å². The van der Waals surface area contributed by atoms with Gasteiger partial charge in [-0.25, -0.2) is 0 Å². The number of ether oxygens (including phenoxy) is 1. The Labute approximate surface area is 113 Å². The Kier molecular flexibility index (Phi) is 5.86. The van der Waals surface area contributed by atoms with E-state index in [-0.39, 0.29) is 5.97 Å². The standard InChI is InChI=1S/C13H20N4O2/c1-10-11(9-14)13(17(2)16-10)15-8-6-4-5-7-12(18)19-3/h15H,4-8H2,1-3H3. The zero-order valence-electron chi connectivity index (χ0n) is 11.7. The van der Waals surface area contributed by atoms with Crippen molar-refractivity contribution in [1.82, 2.24) is 9.78 Å². The first-order chi connectivity index (χ1) is 9.10. The normalized spacial score (nSPS) is 10.0. The smallest absolute Gasteiger partial charge is 0.305 e. The first-order valence-electron chi connectivity index (χ1n) is 6.34. The highest BCUT2D eigenvalue weighted by molar-refractivity contribution is 5.68. The molecule has 6 heteroatoms. The number of methoxy groups -OCH3 is 1. The first kappa shape index (κ1) is 15.0. The minimum absolute atomic E-state index is 0.165. The molecule has 19 heavy (non-hydrogen) atoms. The van der Waals surface area contributed by atoms with E-state index >= 15 is 0 Å². The summed E-state index contributed by atoms with van der Waals surface area (Å²) in [7, 11) is 3.21. The molecule has 0 saturated heterocycles. The maximum absolute atomic E-state index is 10.9. The summed E-state index contributed by atoms with van der Waals surface area (Å²) in [5.74, 6) is 0.593. The van der Waals surface area contributed by atoms with Crippen LogP contribution in [0.15, 0.2) is 0 Å². The van der Waals surface area contributed by atoms with Crippen molar-refractivity contribution in [2.45, 2.75) is 32.6 Å². The minimum atomic E-state index is -0.165. The Morgan fingerprint density at radius 2 is 2.21 bits per heavy atom. The molecule has 0 saturated carbocycles. The molecule has 1 rings (SSSR count). The number of anilines is 1. The summed E-state index contributed by atoms with van der Waals surface area (Å²) in [4.78, 5) is 10.9. The van der Waals surface area contributed by atoms with Crippen LogP contribution in [-0.2, 0) is 16.6 Å². The van der Waals surface area contributed by atoms with Gasteiger partial charge in [0.05, 0.1) is 12.8 Å². The zero-order valence-corrected chi connectivity index (χ0v) is 11.7. The van der Waals surface area contributed by atoms with Gasteiger partial charge in [-0.3, -0.25) is 9.48 Å². The van der Waals surface area contributed by atoms with Crippen LogP contribution in [0.4, 0.5) is 5.82 Å². The minimum Gasteiger partial charge on any atom is -0.469 e. The quantitative estimate of drug-likeness (QED) is 0.599. The second-order valence-corrected chi connectivity index (χ2v) is 4.36. The lowest BCUT2D eigenvalue weighted by Gasteiger charge is -2.06. The molecule has 0 bridgehead atoms. The van der Waals surface area contributed by atoms with Crippen LogP contribution >= 0.6 is 0 Å². The average molecular weight is 264 g/mol. The van der Waals surface area contributed by atoms with E-state index in [1.54, 1.807) is 4.68 Å². The van der Waals surface area contributed by atoms with E-state index in [2.05, 4.69) is 21.2 Å². The number of hydrogen-bond donors (Lipinski definition) is 1. The Balaban J connectivity index is 2.31. The van der Waals surface area contributed by atoms with E-state index in [1.807, 2.05) is 14.0 Å².